The van der Waals surface area contributed by atoms with Crippen molar-refractivity contribution in [3.8, 4) is 28.5 Å². The first-order chi connectivity index (χ1) is 15.8. The van der Waals surface area contributed by atoms with Crippen LogP contribution in [-0.2, 0) is 16.6 Å². The highest BCUT2D eigenvalue weighted by molar-refractivity contribution is 5.94. The number of nitrogens with zero attached hydrogens (tertiary/aromatic N) is 1. The topological polar surface area (TPSA) is 57.7 Å². The average molecular weight is 451 g/mol. The second-order valence-electron chi connectivity index (χ2n) is 8.44. The van der Waals surface area contributed by atoms with Crippen molar-refractivity contribution < 1.29 is 27.8 Å². The third-order valence-corrected chi connectivity index (χ3v) is 6.17. The van der Waals surface area contributed by atoms with Gasteiger partial charge in [0.05, 0.1) is 17.7 Å². The number of ketones is 1. The van der Waals surface area contributed by atoms with Gasteiger partial charge in [-0.15, -0.1) is 8.78 Å². The Morgan fingerprint density at radius 1 is 1.03 bits per heavy atom. The molecule has 0 amide bonds. The number of ether oxygens (including phenoxy) is 3. The monoisotopic (exact) mass is 451 g/mol. The molecule has 0 spiro atoms. The van der Waals surface area contributed by atoms with Crippen molar-refractivity contribution in [3.05, 3.63) is 71.4 Å². The Morgan fingerprint density at radius 3 is 2.45 bits per heavy atom. The minimum absolute atomic E-state index is 0.0159. The van der Waals surface area contributed by atoms with E-state index in [1.54, 1.807) is 6.07 Å². The van der Waals surface area contributed by atoms with E-state index < -0.39 is 11.7 Å². The summed E-state index contributed by atoms with van der Waals surface area (Å²) in [4.78, 5) is 18.1. The number of hydrogen-bond acceptors (Lipinski definition) is 5. The van der Waals surface area contributed by atoms with Gasteiger partial charge in [-0.2, -0.15) is 0 Å². The standard InChI is InChI=1S/C26H23F2NO4/c1-3-31-20-9-5-17(6-10-20)24-16(2)4-8-19(29-24)15-23(30)25(12-13-25)18-7-11-21-22(14-18)33-26(27,28)32-21/h4-11,14H,3,12-13,15H2,1-2H3. The van der Waals surface area contributed by atoms with Crippen molar-refractivity contribution in [3.63, 3.8) is 0 Å². The molecular formula is C26H23F2NO4. The maximum atomic E-state index is 13.4. The lowest BCUT2D eigenvalue weighted by Crippen LogP contribution is -2.26. The van der Waals surface area contributed by atoms with Crippen LogP contribution in [0.3, 0.4) is 0 Å². The second-order valence-corrected chi connectivity index (χ2v) is 8.44. The first kappa shape index (κ1) is 21.4. The van der Waals surface area contributed by atoms with Gasteiger partial charge < -0.3 is 14.2 Å². The molecule has 170 valence electrons. The molecule has 2 aromatic carbocycles. The number of aryl methyl sites for hydroxylation is 1. The van der Waals surface area contributed by atoms with Crippen molar-refractivity contribution in [1.29, 1.82) is 0 Å². The quantitative estimate of drug-likeness (QED) is 0.467. The van der Waals surface area contributed by atoms with Gasteiger partial charge in [0.1, 0.15) is 11.5 Å². The lowest BCUT2D eigenvalue weighted by atomic mass is 9.88. The Bertz CT molecular complexity index is 1220. The number of benzene rings is 2. The zero-order chi connectivity index (χ0) is 23.2. The van der Waals surface area contributed by atoms with Crippen LogP contribution in [-0.4, -0.2) is 23.7 Å². The van der Waals surface area contributed by atoms with Gasteiger partial charge in [-0.1, -0.05) is 12.1 Å². The molecule has 1 aliphatic heterocycles. The fraction of sp³-hybridized carbons (Fsp3) is 0.308. The van der Waals surface area contributed by atoms with E-state index in [-0.39, 0.29) is 23.7 Å². The Hall–Kier alpha value is -3.48. The Balaban J connectivity index is 1.37. The second kappa shape index (κ2) is 7.83. The summed E-state index contributed by atoms with van der Waals surface area (Å²) < 4.78 is 41.3. The van der Waals surface area contributed by atoms with Crippen LogP contribution in [0.5, 0.6) is 17.2 Å². The lowest BCUT2D eigenvalue weighted by Gasteiger charge is -2.16. The molecule has 3 aromatic rings. The SMILES string of the molecule is CCOc1ccc(-c2nc(CC(=O)C3(c4ccc5c(c4)OC(F)(F)O5)CC3)ccc2C)cc1. The van der Waals surface area contributed by atoms with Crippen LogP contribution in [0.25, 0.3) is 11.3 Å². The Morgan fingerprint density at radius 2 is 1.76 bits per heavy atom. The smallest absolute Gasteiger partial charge is 0.494 e. The molecule has 1 fully saturated rings. The largest absolute Gasteiger partial charge is 0.586 e. The Labute approximate surface area is 190 Å². The normalized spacial score (nSPS) is 17.0. The fourth-order valence-corrected chi connectivity index (χ4v) is 4.27. The van der Waals surface area contributed by atoms with Crippen molar-refractivity contribution >= 4 is 5.78 Å². The van der Waals surface area contributed by atoms with Crippen LogP contribution in [0.1, 0.15) is 36.6 Å². The van der Waals surface area contributed by atoms with Gasteiger partial charge in [0, 0.05) is 17.7 Å². The van der Waals surface area contributed by atoms with Crippen LogP contribution in [0.4, 0.5) is 8.78 Å². The van der Waals surface area contributed by atoms with E-state index >= 15 is 0 Å². The maximum absolute atomic E-state index is 13.4. The molecule has 0 unspecified atom stereocenters. The Kier molecular flexibility index (Phi) is 5.07. The van der Waals surface area contributed by atoms with Crippen molar-refractivity contribution in [1.82, 2.24) is 4.98 Å². The zero-order valence-electron chi connectivity index (χ0n) is 18.4. The predicted molar refractivity (Wildman–Crippen MR) is 118 cm³/mol. The summed E-state index contributed by atoms with van der Waals surface area (Å²) in [6.07, 6.45) is -2.18. The lowest BCUT2D eigenvalue weighted by molar-refractivity contribution is -0.286. The van der Waals surface area contributed by atoms with E-state index in [1.165, 1.54) is 12.1 Å². The summed E-state index contributed by atoms with van der Waals surface area (Å²) in [5.74, 6) is 0.750. The molecular weight excluding hydrogens is 428 g/mol. The highest BCUT2D eigenvalue weighted by atomic mass is 19.3. The minimum atomic E-state index is -3.68. The molecule has 0 saturated heterocycles. The van der Waals surface area contributed by atoms with Crippen molar-refractivity contribution in [2.45, 2.75) is 44.8 Å². The van der Waals surface area contributed by atoms with E-state index in [0.29, 0.717) is 30.7 Å². The number of carbonyl (C=O) groups excluding carboxylic acids is 1. The number of hydrogen-bond donors (Lipinski definition) is 0. The zero-order valence-corrected chi connectivity index (χ0v) is 18.4. The molecule has 33 heavy (non-hydrogen) atoms. The van der Waals surface area contributed by atoms with E-state index in [4.69, 9.17) is 9.72 Å². The third kappa shape index (κ3) is 4.03. The number of aromatic nitrogens is 1. The summed E-state index contributed by atoms with van der Waals surface area (Å²) in [5, 5.41) is 0. The summed E-state index contributed by atoms with van der Waals surface area (Å²) in [5.41, 5.74) is 3.43. The number of halogens is 2. The van der Waals surface area contributed by atoms with E-state index in [9.17, 15) is 13.6 Å². The molecule has 1 aromatic heterocycles. The molecule has 7 heteroatoms. The molecule has 5 rings (SSSR count). The average Bonchev–Trinajstić information content (AvgIpc) is 3.53. The molecule has 2 heterocycles. The molecule has 1 saturated carbocycles. The van der Waals surface area contributed by atoms with E-state index in [0.717, 1.165) is 22.6 Å². The van der Waals surface area contributed by atoms with E-state index in [2.05, 4.69) is 9.47 Å². The minimum Gasteiger partial charge on any atom is -0.494 e. The summed E-state index contributed by atoms with van der Waals surface area (Å²) in [6.45, 7) is 4.52. The van der Waals surface area contributed by atoms with E-state index in [1.807, 2.05) is 50.2 Å². The van der Waals surface area contributed by atoms with Gasteiger partial charge in [-0.25, -0.2) is 0 Å². The van der Waals surface area contributed by atoms with Crippen LogP contribution in [0, 0.1) is 6.92 Å². The molecule has 0 N–H and O–H groups in total. The predicted octanol–water partition coefficient (Wildman–Crippen LogP) is 5.62. The number of pyridine rings is 1. The number of fused-ring (bicyclic) bond motifs is 1. The first-order valence-electron chi connectivity index (χ1n) is 10.9. The van der Waals surface area contributed by atoms with Gasteiger partial charge in [-0.05, 0) is 80.3 Å². The van der Waals surface area contributed by atoms with Gasteiger partial charge in [0.25, 0.3) is 0 Å². The van der Waals surface area contributed by atoms with Crippen molar-refractivity contribution in [2.24, 2.45) is 0 Å². The summed E-state index contributed by atoms with van der Waals surface area (Å²) >= 11 is 0. The maximum Gasteiger partial charge on any atom is 0.586 e. The number of rotatable bonds is 7. The highest BCUT2D eigenvalue weighted by Crippen LogP contribution is 2.52. The van der Waals surface area contributed by atoms with Gasteiger partial charge >= 0.3 is 6.29 Å². The van der Waals surface area contributed by atoms with Gasteiger partial charge in [-0.3, -0.25) is 9.78 Å². The molecule has 1 aliphatic carbocycles. The number of carbonyl (C=O) groups is 1. The first-order valence-corrected chi connectivity index (χ1v) is 10.9. The number of alkyl halides is 2. The highest BCUT2D eigenvalue weighted by Gasteiger charge is 2.52. The molecule has 5 nitrogen and oxygen atoms in total. The molecule has 2 aliphatic rings. The van der Waals surface area contributed by atoms with Gasteiger partial charge in [0.2, 0.25) is 0 Å². The third-order valence-electron chi connectivity index (χ3n) is 6.17. The van der Waals surface area contributed by atoms with Crippen LogP contribution in [0.2, 0.25) is 0 Å². The summed E-state index contributed by atoms with van der Waals surface area (Å²) in [7, 11) is 0. The van der Waals surface area contributed by atoms with Crippen molar-refractivity contribution in [2.75, 3.05) is 6.61 Å². The molecule has 0 bridgehead atoms. The fourth-order valence-electron chi connectivity index (χ4n) is 4.27. The van der Waals surface area contributed by atoms with Crippen LogP contribution in [0.15, 0.2) is 54.6 Å². The van der Waals surface area contributed by atoms with Gasteiger partial charge in [0.15, 0.2) is 11.5 Å². The van der Waals surface area contributed by atoms with Crippen LogP contribution < -0.4 is 14.2 Å². The number of Topliss-reactive ketones (excluding diaryl/α,β-unsaturated/α-hetero) is 1. The molecule has 0 radical (unpaired) electrons. The molecule has 0 atom stereocenters. The summed E-state index contributed by atoms with van der Waals surface area (Å²) in [6, 6.07) is 16.1. The van der Waals surface area contributed by atoms with Crippen LogP contribution >= 0.6 is 0 Å².